The Labute approximate surface area is 135 Å². The largest absolute Gasteiger partial charge is 0.497 e. The van der Waals surface area contributed by atoms with Crippen LogP contribution in [0.5, 0.6) is 11.5 Å². The molecule has 0 aliphatic rings. The first-order chi connectivity index (χ1) is 10.9. The van der Waals surface area contributed by atoms with Crippen molar-refractivity contribution >= 4 is 11.8 Å². The van der Waals surface area contributed by atoms with Gasteiger partial charge in [0.25, 0.3) is 0 Å². The van der Waals surface area contributed by atoms with Gasteiger partial charge >= 0.3 is 5.97 Å². The van der Waals surface area contributed by atoms with E-state index in [1.54, 1.807) is 31.2 Å². The van der Waals surface area contributed by atoms with E-state index in [9.17, 15) is 9.59 Å². The van der Waals surface area contributed by atoms with Crippen LogP contribution in [-0.2, 0) is 4.79 Å². The Morgan fingerprint density at radius 2 is 1.74 bits per heavy atom. The molecule has 0 heterocycles. The molecule has 0 amide bonds. The van der Waals surface area contributed by atoms with Gasteiger partial charge in [-0.2, -0.15) is 0 Å². The fourth-order valence-corrected chi connectivity index (χ4v) is 2.06. The van der Waals surface area contributed by atoms with Crippen molar-refractivity contribution in [3.63, 3.8) is 0 Å². The van der Waals surface area contributed by atoms with Gasteiger partial charge in [-0.25, -0.2) is 4.79 Å². The van der Waals surface area contributed by atoms with Crippen LogP contribution in [0.1, 0.15) is 28.4 Å². The van der Waals surface area contributed by atoms with Gasteiger partial charge in [0, 0.05) is 17.2 Å². The first-order valence-electron chi connectivity index (χ1n) is 7.10. The zero-order valence-electron chi connectivity index (χ0n) is 13.4. The highest BCUT2D eigenvalue weighted by atomic mass is 16.5. The van der Waals surface area contributed by atoms with E-state index in [1.165, 1.54) is 13.2 Å². The molecule has 0 aromatic heterocycles. The molecule has 0 bridgehead atoms. The quantitative estimate of drug-likeness (QED) is 0.365. The molecule has 0 saturated carbocycles. The minimum Gasteiger partial charge on any atom is -0.497 e. The Morgan fingerprint density at radius 1 is 1.04 bits per heavy atom. The molecule has 2 aromatic carbocycles. The zero-order chi connectivity index (χ0) is 17.0. The summed E-state index contributed by atoms with van der Waals surface area (Å²) in [4.78, 5) is 24.6. The Morgan fingerprint density at radius 3 is 2.35 bits per heavy atom. The van der Waals surface area contributed by atoms with Crippen LogP contribution in [-0.4, -0.2) is 18.9 Å². The summed E-state index contributed by atoms with van der Waals surface area (Å²) < 4.78 is 10.4. The van der Waals surface area contributed by atoms with Crippen LogP contribution in [0.25, 0.3) is 0 Å². The topological polar surface area (TPSA) is 52.6 Å². The van der Waals surface area contributed by atoms with E-state index in [2.05, 4.69) is 6.58 Å². The van der Waals surface area contributed by atoms with E-state index in [0.717, 1.165) is 5.56 Å². The van der Waals surface area contributed by atoms with Crippen molar-refractivity contribution in [3.8, 4) is 11.5 Å². The Bertz CT molecular complexity index is 775. The van der Waals surface area contributed by atoms with E-state index in [4.69, 9.17) is 9.47 Å². The lowest BCUT2D eigenvalue weighted by Gasteiger charge is -2.12. The normalized spacial score (nSPS) is 10.0. The lowest BCUT2D eigenvalue weighted by Crippen LogP contribution is -2.13. The predicted octanol–water partition coefficient (Wildman–Crippen LogP) is 3.72. The zero-order valence-corrected chi connectivity index (χ0v) is 13.4. The second-order valence-corrected chi connectivity index (χ2v) is 5.18. The SMILES string of the molecule is C=C(C)C(=O)Oc1cc(OC)ccc1C(=O)c1ccccc1C. The number of methoxy groups -OCH3 is 1. The average Bonchev–Trinajstić information content (AvgIpc) is 2.54. The van der Waals surface area contributed by atoms with Crippen LogP contribution in [0.4, 0.5) is 0 Å². The van der Waals surface area contributed by atoms with Crippen molar-refractivity contribution in [1.82, 2.24) is 0 Å². The van der Waals surface area contributed by atoms with Crippen LogP contribution >= 0.6 is 0 Å². The third-order valence-electron chi connectivity index (χ3n) is 3.37. The summed E-state index contributed by atoms with van der Waals surface area (Å²) in [5.41, 5.74) is 1.97. The number of rotatable bonds is 5. The second-order valence-electron chi connectivity index (χ2n) is 5.18. The number of aryl methyl sites for hydroxylation is 1. The summed E-state index contributed by atoms with van der Waals surface area (Å²) in [5, 5.41) is 0. The highest BCUT2D eigenvalue weighted by molar-refractivity contribution is 6.12. The minimum atomic E-state index is -0.586. The van der Waals surface area contributed by atoms with Crippen LogP contribution < -0.4 is 9.47 Å². The van der Waals surface area contributed by atoms with Crippen molar-refractivity contribution in [2.24, 2.45) is 0 Å². The minimum absolute atomic E-state index is 0.158. The third-order valence-corrected chi connectivity index (χ3v) is 3.37. The van der Waals surface area contributed by atoms with Gasteiger partial charge in [0.05, 0.1) is 12.7 Å². The molecule has 4 nitrogen and oxygen atoms in total. The molecule has 0 radical (unpaired) electrons. The van der Waals surface area contributed by atoms with E-state index >= 15 is 0 Å². The summed E-state index contributed by atoms with van der Waals surface area (Å²) in [6.45, 7) is 6.95. The van der Waals surface area contributed by atoms with E-state index < -0.39 is 5.97 Å². The molecular weight excluding hydrogens is 292 g/mol. The van der Waals surface area contributed by atoms with Gasteiger partial charge in [0.2, 0.25) is 0 Å². The van der Waals surface area contributed by atoms with E-state index in [0.29, 0.717) is 16.9 Å². The molecule has 0 unspecified atom stereocenters. The highest BCUT2D eigenvalue weighted by Gasteiger charge is 2.19. The summed E-state index contributed by atoms with van der Waals surface area (Å²) in [6.07, 6.45) is 0. The molecule has 0 N–H and O–H groups in total. The van der Waals surface area contributed by atoms with E-state index in [1.807, 2.05) is 19.1 Å². The van der Waals surface area contributed by atoms with Crippen molar-refractivity contribution in [2.45, 2.75) is 13.8 Å². The number of carbonyl (C=O) groups is 2. The molecule has 0 aliphatic heterocycles. The average molecular weight is 310 g/mol. The van der Waals surface area contributed by atoms with Gasteiger partial charge in [-0.05, 0) is 31.5 Å². The number of hydrogen-bond acceptors (Lipinski definition) is 4. The van der Waals surface area contributed by atoms with Gasteiger partial charge in [-0.3, -0.25) is 4.79 Å². The van der Waals surface area contributed by atoms with Gasteiger partial charge in [-0.1, -0.05) is 30.8 Å². The monoisotopic (exact) mass is 310 g/mol. The lowest BCUT2D eigenvalue weighted by atomic mass is 9.98. The Balaban J connectivity index is 2.49. The molecule has 118 valence electrons. The molecule has 23 heavy (non-hydrogen) atoms. The summed E-state index contributed by atoms with van der Waals surface area (Å²) in [7, 11) is 1.50. The number of benzene rings is 2. The van der Waals surface area contributed by atoms with Crippen molar-refractivity contribution in [1.29, 1.82) is 0 Å². The predicted molar refractivity (Wildman–Crippen MR) is 88.1 cm³/mol. The Hall–Kier alpha value is -2.88. The van der Waals surface area contributed by atoms with Gasteiger partial charge < -0.3 is 9.47 Å². The summed E-state index contributed by atoms with van der Waals surface area (Å²) in [6, 6.07) is 12.0. The summed E-state index contributed by atoms with van der Waals surface area (Å²) in [5.74, 6) is -0.145. The lowest BCUT2D eigenvalue weighted by molar-refractivity contribution is -0.130. The van der Waals surface area contributed by atoms with Crippen molar-refractivity contribution in [3.05, 3.63) is 71.3 Å². The van der Waals surface area contributed by atoms with Gasteiger partial charge in [-0.15, -0.1) is 0 Å². The Kier molecular flexibility index (Phi) is 4.96. The fourth-order valence-electron chi connectivity index (χ4n) is 2.06. The maximum atomic E-state index is 12.8. The number of ketones is 1. The number of carbonyl (C=O) groups excluding carboxylic acids is 2. The first kappa shape index (κ1) is 16.5. The molecule has 2 aromatic rings. The van der Waals surface area contributed by atoms with Crippen LogP contribution in [0.3, 0.4) is 0 Å². The number of hydrogen-bond donors (Lipinski definition) is 0. The second kappa shape index (κ2) is 6.92. The molecule has 0 aliphatic carbocycles. The van der Waals surface area contributed by atoms with Crippen LogP contribution in [0, 0.1) is 6.92 Å². The molecule has 2 rings (SSSR count). The van der Waals surface area contributed by atoms with Gasteiger partial charge in [0.15, 0.2) is 5.78 Å². The van der Waals surface area contributed by atoms with Gasteiger partial charge in [0.1, 0.15) is 11.5 Å². The fraction of sp³-hybridized carbons (Fsp3) is 0.158. The van der Waals surface area contributed by atoms with Crippen LogP contribution in [0.15, 0.2) is 54.6 Å². The van der Waals surface area contributed by atoms with Crippen LogP contribution in [0.2, 0.25) is 0 Å². The molecule has 4 heteroatoms. The molecular formula is C19H18O4. The molecule has 0 saturated heterocycles. The first-order valence-corrected chi connectivity index (χ1v) is 7.10. The highest BCUT2D eigenvalue weighted by Crippen LogP contribution is 2.28. The molecule has 0 spiro atoms. The van der Waals surface area contributed by atoms with Crippen molar-refractivity contribution < 1.29 is 19.1 Å². The smallest absolute Gasteiger partial charge is 0.338 e. The number of ether oxygens (including phenoxy) is 2. The van der Waals surface area contributed by atoms with Crippen molar-refractivity contribution in [2.75, 3.05) is 7.11 Å². The molecule has 0 fully saturated rings. The number of esters is 1. The van der Waals surface area contributed by atoms with E-state index in [-0.39, 0.29) is 17.1 Å². The third kappa shape index (κ3) is 3.66. The maximum Gasteiger partial charge on any atom is 0.338 e. The standard InChI is InChI=1S/C19H18O4/c1-12(2)19(21)23-17-11-14(22-4)9-10-16(17)18(20)15-8-6-5-7-13(15)3/h5-11H,1H2,2-4H3. The molecule has 0 atom stereocenters. The summed E-state index contributed by atoms with van der Waals surface area (Å²) >= 11 is 0. The maximum absolute atomic E-state index is 12.8.